The van der Waals surface area contributed by atoms with Crippen molar-refractivity contribution in [3.8, 4) is 16.9 Å². The lowest BCUT2D eigenvalue weighted by Gasteiger charge is -2.12. The highest BCUT2D eigenvalue weighted by molar-refractivity contribution is 7.98. The maximum atomic E-state index is 13.4. The van der Waals surface area contributed by atoms with E-state index in [1.165, 1.54) is 23.3 Å². The van der Waals surface area contributed by atoms with E-state index in [1.54, 1.807) is 23.9 Å². The monoisotopic (exact) mass is 374 g/mol. The molecule has 4 heteroatoms. The molecule has 0 spiro atoms. The average Bonchev–Trinajstić information content (AvgIpc) is 3.12. The molecule has 0 N–H and O–H groups in total. The van der Waals surface area contributed by atoms with E-state index in [0.29, 0.717) is 0 Å². The van der Waals surface area contributed by atoms with Gasteiger partial charge in [0.05, 0.1) is 11.9 Å². The van der Waals surface area contributed by atoms with Gasteiger partial charge < -0.3 is 0 Å². The van der Waals surface area contributed by atoms with E-state index in [9.17, 15) is 4.39 Å². The molecule has 0 aliphatic carbocycles. The van der Waals surface area contributed by atoms with E-state index in [1.807, 2.05) is 24.4 Å². The minimum Gasteiger partial charge on any atom is -0.287 e. The number of aryl methyl sites for hydroxylation is 1. The number of hydrogen-bond donors (Lipinski definition) is 0. The van der Waals surface area contributed by atoms with Gasteiger partial charge in [-0.3, -0.25) is 4.57 Å². The van der Waals surface area contributed by atoms with Gasteiger partial charge in [-0.1, -0.05) is 71.9 Å². The van der Waals surface area contributed by atoms with Crippen LogP contribution < -0.4 is 0 Å². The van der Waals surface area contributed by atoms with Crippen molar-refractivity contribution in [2.45, 2.75) is 17.8 Å². The molecule has 3 aromatic carbocycles. The second kappa shape index (κ2) is 7.80. The predicted octanol–water partition coefficient (Wildman–Crippen LogP) is 6.28. The maximum absolute atomic E-state index is 13.4. The Labute approximate surface area is 162 Å². The summed E-state index contributed by atoms with van der Waals surface area (Å²) in [4.78, 5) is 4.66. The Morgan fingerprint density at radius 3 is 2.30 bits per heavy atom. The van der Waals surface area contributed by atoms with Crippen LogP contribution in [0.1, 0.15) is 11.1 Å². The Morgan fingerprint density at radius 1 is 0.889 bits per heavy atom. The van der Waals surface area contributed by atoms with Crippen LogP contribution in [0.3, 0.4) is 0 Å². The molecule has 4 aromatic rings. The van der Waals surface area contributed by atoms with Crippen LogP contribution >= 0.6 is 11.8 Å². The third-order valence-electron chi connectivity index (χ3n) is 4.37. The first-order valence-corrected chi connectivity index (χ1v) is 9.77. The molecule has 2 nitrogen and oxygen atoms in total. The van der Waals surface area contributed by atoms with Crippen molar-refractivity contribution in [3.05, 3.63) is 102 Å². The van der Waals surface area contributed by atoms with Gasteiger partial charge in [0.1, 0.15) is 5.82 Å². The van der Waals surface area contributed by atoms with Gasteiger partial charge in [0.2, 0.25) is 0 Å². The first kappa shape index (κ1) is 17.6. The average molecular weight is 374 g/mol. The quantitative estimate of drug-likeness (QED) is 0.383. The van der Waals surface area contributed by atoms with Crippen molar-refractivity contribution in [2.75, 3.05) is 0 Å². The fourth-order valence-corrected chi connectivity index (χ4v) is 3.87. The van der Waals surface area contributed by atoms with Gasteiger partial charge in [0.15, 0.2) is 5.16 Å². The van der Waals surface area contributed by atoms with E-state index in [2.05, 4.69) is 52.9 Å². The molecular formula is C23H19FN2S. The van der Waals surface area contributed by atoms with Gasteiger partial charge in [-0.05, 0) is 36.8 Å². The summed E-state index contributed by atoms with van der Waals surface area (Å²) >= 11 is 1.68. The van der Waals surface area contributed by atoms with Gasteiger partial charge in [0, 0.05) is 17.0 Å². The van der Waals surface area contributed by atoms with Crippen LogP contribution in [0.25, 0.3) is 16.9 Å². The molecule has 0 saturated heterocycles. The van der Waals surface area contributed by atoms with Crippen molar-refractivity contribution >= 4 is 11.8 Å². The van der Waals surface area contributed by atoms with Gasteiger partial charge in [-0.15, -0.1) is 0 Å². The largest absolute Gasteiger partial charge is 0.287 e. The lowest BCUT2D eigenvalue weighted by molar-refractivity contribution is 0.627. The summed E-state index contributed by atoms with van der Waals surface area (Å²) in [5, 5.41) is 0.890. The maximum Gasteiger partial charge on any atom is 0.173 e. The molecule has 0 atom stereocenters. The van der Waals surface area contributed by atoms with E-state index in [0.717, 1.165) is 27.9 Å². The van der Waals surface area contributed by atoms with E-state index < -0.39 is 0 Å². The van der Waals surface area contributed by atoms with Crippen LogP contribution in [-0.2, 0) is 5.75 Å². The fourth-order valence-electron chi connectivity index (χ4n) is 2.93. The topological polar surface area (TPSA) is 17.8 Å². The van der Waals surface area contributed by atoms with Crippen LogP contribution in [-0.4, -0.2) is 9.55 Å². The minimum atomic E-state index is -0.241. The Bertz CT molecular complexity index is 1020. The minimum absolute atomic E-state index is 0.241. The third kappa shape index (κ3) is 3.96. The summed E-state index contributed by atoms with van der Waals surface area (Å²) in [6.07, 6.45) is 1.89. The molecule has 0 aliphatic rings. The zero-order chi connectivity index (χ0) is 18.6. The number of rotatable bonds is 5. The predicted molar refractivity (Wildman–Crippen MR) is 110 cm³/mol. The Balaban J connectivity index is 1.74. The smallest absolute Gasteiger partial charge is 0.173 e. The number of halogens is 1. The highest BCUT2D eigenvalue weighted by Gasteiger charge is 2.14. The summed E-state index contributed by atoms with van der Waals surface area (Å²) in [6, 6.07) is 25.3. The van der Waals surface area contributed by atoms with E-state index in [-0.39, 0.29) is 5.82 Å². The summed E-state index contributed by atoms with van der Waals surface area (Å²) < 4.78 is 15.5. The van der Waals surface area contributed by atoms with Crippen LogP contribution in [0.5, 0.6) is 0 Å². The normalized spacial score (nSPS) is 10.9. The van der Waals surface area contributed by atoms with Crippen LogP contribution in [0.4, 0.5) is 4.39 Å². The van der Waals surface area contributed by atoms with Crippen molar-refractivity contribution in [3.63, 3.8) is 0 Å². The number of hydrogen-bond acceptors (Lipinski definition) is 2. The lowest BCUT2D eigenvalue weighted by Crippen LogP contribution is -1.99. The number of nitrogens with zero attached hydrogens (tertiary/aromatic N) is 2. The summed E-state index contributed by atoms with van der Waals surface area (Å²) in [7, 11) is 0. The Kier molecular flexibility index (Phi) is 5.07. The molecular weight excluding hydrogens is 355 g/mol. The number of imidazole rings is 1. The molecule has 134 valence electrons. The molecule has 0 radical (unpaired) electrons. The highest BCUT2D eigenvalue weighted by atomic mass is 32.2. The number of benzene rings is 3. The zero-order valence-corrected chi connectivity index (χ0v) is 15.8. The first-order chi connectivity index (χ1) is 13.2. The van der Waals surface area contributed by atoms with Gasteiger partial charge in [0.25, 0.3) is 0 Å². The van der Waals surface area contributed by atoms with Crippen LogP contribution in [0, 0.1) is 12.7 Å². The highest BCUT2D eigenvalue weighted by Crippen LogP contribution is 2.31. The zero-order valence-electron chi connectivity index (χ0n) is 15.0. The van der Waals surface area contributed by atoms with Gasteiger partial charge in [-0.25, -0.2) is 9.37 Å². The number of thioether (sulfide) groups is 1. The first-order valence-electron chi connectivity index (χ1n) is 8.78. The summed E-state index contributed by atoms with van der Waals surface area (Å²) in [5.74, 6) is 0.584. The van der Waals surface area contributed by atoms with Crippen LogP contribution in [0.2, 0.25) is 0 Å². The van der Waals surface area contributed by atoms with Crippen molar-refractivity contribution in [1.82, 2.24) is 9.55 Å². The lowest BCUT2D eigenvalue weighted by atomic mass is 10.1. The molecule has 0 unspecified atom stereocenters. The number of aromatic nitrogens is 2. The van der Waals surface area contributed by atoms with Crippen molar-refractivity contribution < 1.29 is 4.39 Å². The van der Waals surface area contributed by atoms with Crippen molar-refractivity contribution in [1.29, 1.82) is 0 Å². The molecule has 0 aliphatic heterocycles. The summed E-state index contributed by atoms with van der Waals surface area (Å²) in [6.45, 7) is 2.07. The molecule has 1 aromatic heterocycles. The standard InChI is InChI=1S/C23H19FN2S/c1-17-7-9-19(10-8-17)22-15-25-23(27-16-18-5-3-2-4-6-18)26(22)21-13-11-20(24)12-14-21/h2-15H,16H2,1H3. The molecule has 1 heterocycles. The Hall–Kier alpha value is -2.85. The third-order valence-corrected chi connectivity index (χ3v) is 5.40. The van der Waals surface area contributed by atoms with Crippen LogP contribution in [0.15, 0.2) is 90.2 Å². The molecule has 0 saturated carbocycles. The second-order valence-corrected chi connectivity index (χ2v) is 7.32. The molecule has 0 bridgehead atoms. The fraction of sp³-hybridized carbons (Fsp3) is 0.0870. The van der Waals surface area contributed by atoms with Gasteiger partial charge >= 0.3 is 0 Å². The van der Waals surface area contributed by atoms with E-state index in [4.69, 9.17) is 0 Å². The van der Waals surface area contributed by atoms with Gasteiger partial charge in [-0.2, -0.15) is 0 Å². The summed E-state index contributed by atoms with van der Waals surface area (Å²) in [5.41, 5.74) is 5.44. The molecule has 4 rings (SSSR count). The SMILES string of the molecule is Cc1ccc(-c2cnc(SCc3ccccc3)n2-c2ccc(F)cc2)cc1. The van der Waals surface area contributed by atoms with Crippen molar-refractivity contribution in [2.24, 2.45) is 0 Å². The Morgan fingerprint density at radius 2 is 1.59 bits per heavy atom. The molecule has 0 fully saturated rings. The van der Waals surface area contributed by atoms with E-state index >= 15 is 0 Å². The second-order valence-electron chi connectivity index (χ2n) is 6.38. The molecule has 27 heavy (non-hydrogen) atoms. The molecule has 0 amide bonds.